The quantitative estimate of drug-likeness (QED) is 0.818. The summed E-state index contributed by atoms with van der Waals surface area (Å²) in [5.74, 6) is -0.518. The lowest BCUT2D eigenvalue weighted by Gasteiger charge is -2.14. The summed E-state index contributed by atoms with van der Waals surface area (Å²) < 4.78 is 51.6. The third-order valence-corrected chi connectivity index (χ3v) is 2.73. The molecule has 0 amide bonds. The van der Waals surface area contributed by atoms with Crippen molar-refractivity contribution in [1.29, 1.82) is 0 Å². The molecule has 0 bridgehead atoms. The zero-order valence-electron chi connectivity index (χ0n) is 9.71. The molecule has 0 spiro atoms. The third-order valence-electron chi connectivity index (χ3n) is 2.73. The minimum absolute atomic E-state index is 0.0703. The average Bonchev–Trinajstić information content (AvgIpc) is 2.38. The molecule has 0 unspecified atom stereocenters. The number of benzene rings is 2. The summed E-state index contributed by atoms with van der Waals surface area (Å²) in [6.07, 6.45) is -4.50. The minimum atomic E-state index is -4.50. The van der Waals surface area contributed by atoms with Gasteiger partial charge in [0, 0.05) is 0 Å². The molecule has 0 aromatic heterocycles. The Balaban J connectivity index is 2.61. The number of rotatable bonds is 2. The Morgan fingerprint density at radius 1 is 0.947 bits per heavy atom. The first kappa shape index (κ1) is 13.5. The van der Waals surface area contributed by atoms with E-state index in [1.54, 1.807) is 0 Å². The van der Waals surface area contributed by atoms with Crippen LogP contribution in [0.25, 0.3) is 11.1 Å². The zero-order valence-corrected chi connectivity index (χ0v) is 9.71. The lowest BCUT2D eigenvalue weighted by molar-refractivity contribution is -0.137. The van der Waals surface area contributed by atoms with Crippen LogP contribution >= 0.6 is 0 Å². The fourth-order valence-electron chi connectivity index (χ4n) is 1.81. The van der Waals surface area contributed by atoms with Crippen molar-refractivity contribution in [2.24, 2.45) is 0 Å². The Hall–Kier alpha value is -1.88. The smallest absolute Gasteiger partial charge is 0.392 e. The van der Waals surface area contributed by atoms with Gasteiger partial charge in [-0.3, -0.25) is 0 Å². The van der Waals surface area contributed by atoms with E-state index >= 15 is 0 Å². The summed E-state index contributed by atoms with van der Waals surface area (Å²) in [4.78, 5) is 0. The fraction of sp³-hybridized carbons (Fsp3) is 0.143. The molecule has 2 aromatic rings. The average molecular weight is 270 g/mol. The molecule has 19 heavy (non-hydrogen) atoms. The van der Waals surface area contributed by atoms with Gasteiger partial charge in [-0.25, -0.2) is 4.39 Å². The first-order chi connectivity index (χ1) is 8.91. The summed E-state index contributed by atoms with van der Waals surface area (Å²) in [5.41, 5.74) is -0.258. The van der Waals surface area contributed by atoms with E-state index < -0.39 is 17.6 Å². The van der Waals surface area contributed by atoms with Crippen LogP contribution in [0.5, 0.6) is 0 Å². The molecule has 0 aliphatic rings. The largest absolute Gasteiger partial charge is 0.417 e. The molecular formula is C14H10F4O. The number of hydrogen-bond donors (Lipinski definition) is 1. The fourth-order valence-corrected chi connectivity index (χ4v) is 1.81. The van der Waals surface area contributed by atoms with Gasteiger partial charge in [0.1, 0.15) is 5.82 Å². The first-order valence-electron chi connectivity index (χ1n) is 5.49. The van der Waals surface area contributed by atoms with Gasteiger partial charge >= 0.3 is 6.18 Å². The lowest BCUT2D eigenvalue weighted by Crippen LogP contribution is -2.07. The molecule has 0 aliphatic heterocycles. The number of halogens is 4. The van der Waals surface area contributed by atoms with Crippen LogP contribution in [0.1, 0.15) is 11.1 Å². The van der Waals surface area contributed by atoms with Crippen LogP contribution in [0.4, 0.5) is 17.6 Å². The van der Waals surface area contributed by atoms with Crippen LogP contribution in [0.3, 0.4) is 0 Å². The molecule has 0 radical (unpaired) electrons. The Bertz CT molecular complexity index is 573. The van der Waals surface area contributed by atoms with E-state index in [1.165, 1.54) is 24.3 Å². The maximum atomic E-state index is 12.9. The highest BCUT2D eigenvalue weighted by molar-refractivity contribution is 5.68. The van der Waals surface area contributed by atoms with Crippen LogP contribution < -0.4 is 0 Å². The highest BCUT2D eigenvalue weighted by atomic mass is 19.4. The van der Waals surface area contributed by atoms with Gasteiger partial charge < -0.3 is 5.11 Å². The van der Waals surface area contributed by atoms with Crippen molar-refractivity contribution in [3.63, 3.8) is 0 Å². The predicted molar refractivity (Wildman–Crippen MR) is 62.8 cm³/mol. The molecule has 0 saturated heterocycles. The van der Waals surface area contributed by atoms with Gasteiger partial charge in [0.25, 0.3) is 0 Å². The van der Waals surface area contributed by atoms with E-state index in [0.29, 0.717) is 5.56 Å². The minimum Gasteiger partial charge on any atom is -0.392 e. The number of aliphatic hydroxyl groups is 1. The molecule has 5 heteroatoms. The summed E-state index contributed by atoms with van der Waals surface area (Å²) in [5, 5.41) is 9.01. The van der Waals surface area contributed by atoms with Gasteiger partial charge in [0.05, 0.1) is 12.2 Å². The second kappa shape index (κ2) is 5.01. The highest BCUT2D eigenvalue weighted by Gasteiger charge is 2.33. The van der Waals surface area contributed by atoms with E-state index in [-0.39, 0.29) is 17.7 Å². The standard InChI is InChI=1S/C14H10F4O/c15-11-4-2-10(3-5-11)12-7-9(8-19)1-6-13(12)14(16,17)18/h1-7,19H,8H2. The summed E-state index contributed by atoms with van der Waals surface area (Å²) in [6, 6.07) is 8.15. The molecule has 0 fully saturated rings. The lowest BCUT2D eigenvalue weighted by atomic mass is 9.97. The van der Waals surface area contributed by atoms with E-state index in [4.69, 9.17) is 5.11 Å². The van der Waals surface area contributed by atoms with Crippen molar-refractivity contribution < 1.29 is 22.7 Å². The first-order valence-corrected chi connectivity index (χ1v) is 5.49. The topological polar surface area (TPSA) is 20.2 Å². The van der Waals surface area contributed by atoms with Crippen LogP contribution in [0, 0.1) is 5.82 Å². The van der Waals surface area contributed by atoms with Gasteiger partial charge in [-0.2, -0.15) is 13.2 Å². The van der Waals surface area contributed by atoms with Crippen LogP contribution in [-0.4, -0.2) is 5.11 Å². The molecule has 1 N–H and O–H groups in total. The van der Waals surface area contributed by atoms with Gasteiger partial charge in [-0.15, -0.1) is 0 Å². The second-order valence-electron chi connectivity index (χ2n) is 4.04. The van der Waals surface area contributed by atoms with Crippen LogP contribution in [0.15, 0.2) is 42.5 Å². The number of aliphatic hydroxyl groups excluding tert-OH is 1. The van der Waals surface area contributed by atoms with Crippen LogP contribution in [0.2, 0.25) is 0 Å². The Morgan fingerprint density at radius 2 is 1.58 bits per heavy atom. The zero-order chi connectivity index (χ0) is 14.0. The summed E-state index contributed by atoms with van der Waals surface area (Å²) >= 11 is 0. The van der Waals surface area contributed by atoms with Crippen molar-refractivity contribution in [2.45, 2.75) is 12.8 Å². The third kappa shape index (κ3) is 2.93. The molecule has 0 heterocycles. The molecule has 1 nitrogen and oxygen atoms in total. The van der Waals surface area contributed by atoms with Crippen molar-refractivity contribution >= 4 is 0 Å². The predicted octanol–water partition coefficient (Wildman–Crippen LogP) is 4.00. The van der Waals surface area contributed by atoms with Gasteiger partial charge in [-0.1, -0.05) is 18.2 Å². The van der Waals surface area contributed by atoms with Crippen molar-refractivity contribution in [2.75, 3.05) is 0 Å². The van der Waals surface area contributed by atoms with Gasteiger partial charge in [0.15, 0.2) is 0 Å². The summed E-state index contributed by atoms with van der Waals surface area (Å²) in [6.45, 7) is -0.355. The van der Waals surface area contributed by atoms with Gasteiger partial charge in [-0.05, 0) is 41.0 Å². The molecule has 2 rings (SSSR count). The van der Waals surface area contributed by atoms with Crippen molar-refractivity contribution in [1.82, 2.24) is 0 Å². The van der Waals surface area contributed by atoms with Crippen molar-refractivity contribution in [3.8, 4) is 11.1 Å². The van der Waals surface area contributed by atoms with Crippen molar-refractivity contribution in [3.05, 3.63) is 59.4 Å². The Morgan fingerprint density at radius 3 is 2.11 bits per heavy atom. The molecular weight excluding hydrogens is 260 g/mol. The molecule has 0 aliphatic carbocycles. The maximum Gasteiger partial charge on any atom is 0.417 e. The van der Waals surface area contributed by atoms with Crippen LogP contribution in [-0.2, 0) is 12.8 Å². The van der Waals surface area contributed by atoms with E-state index in [0.717, 1.165) is 18.2 Å². The Labute approximate surface area is 107 Å². The molecule has 0 atom stereocenters. The van der Waals surface area contributed by atoms with E-state index in [2.05, 4.69) is 0 Å². The molecule has 0 saturated carbocycles. The molecule has 2 aromatic carbocycles. The van der Waals surface area contributed by atoms with E-state index in [1.807, 2.05) is 0 Å². The highest BCUT2D eigenvalue weighted by Crippen LogP contribution is 2.37. The summed E-state index contributed by atoms with van der Waals surface area (Å²) in [7, 11) is 0. The van der Waals surface area contributed by atoms with Gasteiger partial charge in [0.2, 0.25) is 0 Å². The monoisotopic (exact) mass is 270 g/mol. The Kier molecular flexibility index (Phi) is 3.57. The number of alkyl halides is 3. The molecule has 100 valence electrons. The normalized spacial score (nSPS) is 11.6. The number of hydrogen-bond acceptors (Lipinski definition) is 1. The second-order valence-corrected chi connectivity index (χ2v) is 4.04. The SMILES string of the molecule is OCc1ccc(C(F)(F)F)c(-c2ccc(F)cc2)c1. The van der Waals surface area contributed by atoms with E-state index in [9.17, 15) is 17.6 Å². The maximum absolute atomic E-state index is 12.9.